The first-order chi connectivity index (χ1) is 8.17. The summed E-state index contributed by atoms with van der Waals surface area (Å²) < 4.78 is 38.0. The van der Waals surface area contributed by atoms with Crippen LogP contribution in [-0.4, -0.2) is 16.5 Å². The van der Waals surface area contributed by atoms with Gasteiger partial charge >= 0.3 is 6.18 Å². The van der Waals surface area contributed by atoms with Crippen molar-refractivity contribution in [3.63, 3.8) is 0 Å². The lowest BCUT2D eigenvalue weighted by Crippen LogP contribution is -2.22. The fraction of sp³-hybridized carbons (Fsp3) is 0.538. The van der Waals surface area contributed by atoms with Crippen molar-refractivity contribution >= 4 is 11.8 Å². The van der Waals surface area contributed by atoms with Crippen LogP contribution in [0.25, 0.3) is 0 Å². The maximum atomic E-state index is 12.7. The number of hydrogen-bond donors (Lipinski definition) is 1. The number of benzene rings is 1. The molecule has 0 amide bonds. The standard InChI is InChI=1S/C13H15F3OS/c1-12(2,17)6-8-7-18-11-4-3-9(5-10(8)11)13(14,15)16/h3-5,8,17H,6-7H2,1-2H3. The molecule has 1 unspecified atom stereocenters. The summed E-state index contributed by atoms with van der Waals surface area (Å²) in [5.41, 5.74) is -0.748. The Morgan fingerprint density at radius 1 is 1.33 bits per heavy atom. The van der Waals surface area contributed by atoms with Crippen LogP contribution in [0.2, 0.25) is 0 Å². The Balaban J connectivity index is 2.31. The van der Waals surface area contributed by atoms with E-state index in [9.17, 15) is 18.3 Å². The van der Waals surface area contributed by atoms with E-state index in [0.29, 0.717) is 6.42 Å². The van der Waals surface area contributed by atoms with Crippen molar-refractivity contribution in [2.45, 2.75) is 42.9 Å². The van der Waals surface area contributed by atoms with Crippen LogP contribution in [0.3, 0.4) is 0 Å². The molecule has 0 aromatic heterocycles. The lowest BCUT2D eigenvalue weighted by molar-refractivity contribution is -0.137. The number of thioether (sulfide) groups is 1. The van der Waals surface area contributed by atoms with Gasteiger partial charge in [0.15, 0.2) is 0 Å². The van der Waals surface area contributed by atoms with Crippen molar-refractivity contribution in [3.05, 3.63) is 29.3 Å². The number of hydrogen-bond acceptors (Lipinski definition) is 2. The van der Waals surface area contributed by atoms with E-state index in [2.05, 4.69) is 0 Å². The zero-order valence-corrected chi connectivity index (χ0v) is 11.0. The first-order valence-electron chi connectivity index (χ1n) is 5.73. The average molecular weight is 276 g/mol. The number of aliphatic hydroxyl groups is 1. The predicted molar refractivity (Wildman–Crippen MR) is 65.8 cm³/mol. The fourth-order valence-electron chi connectivity index (χ4n) is 2.23. The molecule has 0 saturated carbocycles. The summed E-state index contributed by atoms with van der Waals surface area (Å²) in [7, 11) is 0. The topological polar surface area (TPSA) is 20.2 Å². The van der Waals surface area contributed by atoms with Gasteiger partial charge in [-0.2, -0.15) is 13.2 Å². The van der Waals surface area contributed by atoms with E-state index in [-0.39, 0.29) is 5.92 Å². The van der Waals surface area contributed by atoms with Crippen molar-refractivity contribution in [3.8, 4) is 0 Å². The maximum Gasteiger partial charge on any atom is 0.416 e. The van der Waals surface area contributed by atoms with E-state index in [0.717, 1.165) is 22.3 Å². The van der Waals surface area contributed by atoms with Gasteiger partial charge in [-0.05, 0) is 49.9 Å². The summed E-state index contributed by atoms with van der Waals surface area (Å²) in [4.78, 5) is 0.900. The van der Waals surface area contributed by atoms with Gasteiger partial charge in [-0.15, -0.1) is 11.8 Å². The zero-order chi connectivity index (χ0) is 13.6. The second-order valence-corrected chi connectivity index (χ2v) is 6.34. The van der Waals surface area contributed by atoms with Crippen molar-refractivity contribution < 1.29 is 18.3 Å². The monoisotopic (exact) mass is 276 g/mol. The molecule has 0 fully saturated rings. The lowest BCUT2D eigenvalue weighted by Gasteiger charge is -2.22. The van der Waals surface area contributed by atoms with Gasteiger partial charge in [-0.25, -0.2) is 0 Å². The first kappa shape index (κ1) is 13.7. The summed E-state index contributed by atoms with van der Waals surface area (Å²) in [6.07, 6.45) is -3.82. The minimum Gasteiger partial charge on any atom is -0.390 e. The number of rotatable bonds is 2. The molecule has 1 aromatic rings. The highest BCUT2D eigenvalue weighted by molar-refractivity contribution is 7.99. The van der Waals surface area contributed by atoms with Crippen molar-refractivity contribution in [1.82, 2.24) is 0 Å². The minimum atomic E-state index is -4.30. The Morgan fingerprint density at radius 3 is 2.56 bits per heavy atom. The van der Waals surface area contributed by atoms with Crippen LogP contribution >= 0.6 is 11.8 Å². The van der Waals surface area contributed by atoms with Gasteiger partial charge in [0, 0.05) is 10.6 Å². The third kappa shape index (κ3) is 3.01. The first-order valence-corrected chi connectivity index (χ1v) is 6.72. The molecule has 1 N–H and O–H groups in total. The molecule has 100 valence electrons. The highest BCUT2D eigenvalue weighted by Crippen LogP contribution is 2.45. The largest absolute Gasteiger partial charge is 0.416 e. The normalized spacial score (nSPS) is 20.0. The highest BCUT2D eigenvalue weighted by atomic mass is 32.2. The van der Waals surface area contributed by atoms with E-state index in [4.69, 9.17) is 0 Å². The van der Waals surface area contributed by atoms with Crippen LogP contribution in [0.4, 0.5) is 13.2 Å². The molecular formula is C13H15F3OS. The molecule has 1 atom stereocenters. The van der Waals surface area contributed by atoms with Gasteiger partial charge in [0.1, 0.15) is 0 Å². The zero-order valence-electron chi connectivity index (χ0n) is 10.2. The SMILES string of the molecule is CC(C)(O)CC1CSc2ccc(C(F)(F)F)cc21. The van der Waals surface area contributed by atoms with Crippen LogP contribution in [0.15, 0.2) is 23.1 Å². The van der Waals surface area contributed by atoms with E-state index in [1.165, 1.54) is 12.1 Å². The van der Waals surface area contributed by atoms with Crippen molar-refractivity contribution in [1.29, 1.82) is 0 Å². The predicted octanol–water partition coefficient (Wildman–Crippen LogP) is 4.06. The van der Waals surface area contributed by atoms with E-state index >= 15 is 0 Å². The van der Waals surface area contributed by atoms with Crippen LogP contribution in [0, 0.1) is 0 Å². The fourth-order valence-corrected chi connectivity index (χ4v) is 3.46. The second kappa shape index (κ2) is 4.46. The third-order valence-corrected chi connectivity index (χ3v) is 4.21. The molecule has 0 spiro atoms. The van der Waals surface area contributed by atoms with Gasteiger partial charge in [0.05, 0.1) is 11.2 Å². The lowest BCUT2D eigenvalue weighted by atomic mass is 9.89. The van der Waals surface area contributed by atoms with E-state index < -0.39 is 17.3 Å². The van der Waals surface area contributed by atoms with Gasteiger partial charge in [-0.3, -0.25) is 0 Å². The van der Waals surface area contributed by atoms with Gasteiger partial charge in [0.2, 0.25) is 0 Å². The average Bonchev–Trinajstić information content (AvgIpc) is 2.57. The van der Waals surface area contributed by atoms with Crippen molar-refractivity contribution in [2.24, 2.45) is 0 Å². The molecule has 1 nitrogen and oxygen atoms in total. The molecule has 18 heavy (non-hydrogen) atoms. The van der Waals surface area contributed by atoms with Crippen LogP contribution in [0.1, 0.15) is 37.3 Å². The summed E-state index contributed by atoms with van der Waals surface area (Å²) in [5.74, 6) is 0.730. The summed E-state index contributed by atoms with van der Waals surface area (Å²) in [5, 5.41) is 9.80. The summed E-state index contributed by atoms with van der Waals surface area (Å²) in [6, 6.07) is 3.89. The summed E-state index contributed by atoms with van der Waals surface area (Å²) >= 11 is 1.56. The Morgan fingerprint density at radius 2 is 2.00 bits per heavy atom. The molecule has 2 rings (SSSR count). The summed E-state index contributed by atoms with van der Waals surface area (Å²) in [6.45, 7) is 3.37. The molecular weight excluding hydrogens is 261 g/mol. The molecule has 1 aromatic carbocycles. The molecule has 0 saturated heterocycles. The van der Waals surface area contributed by atoms with Crippen LogP contribution in [-0.2, 0) is 6.18 Å². The molecule has 5 heteroatoms. The number of fused-ring (bicyclic) bond motifs is 1. The molecule has 0 aliphatic carbocycles. The number of alkyl halides is 3. The molecule has 0 radical (unpaired) electrons. The smallest absolute Gasteiger partial charge is 0.390 e. The third-order valence-electron chi connectivity index (χ3n) is 2.96. The quantitative estimate of drug-likeness (QED) is 0.879. The van der Waals surface area contributed by atoms with E-state index in [1.807, 2.05) is 0 Å². The number of halogens is 3. The Bertz CT molecular complexity index is 449. The molecule has 0 bridgehead atoms. The van der Waals surface area contributed by atoms with Gasteiger partial charge in [0.25, 0.3) is 0 Å². The second-order valence-electron chi connectivity index (χ2n) is 5.27. The Labute approximate surface area is 108 Å². The van der Waals surface area contributed by atoms with Crippen LogP contribution in [0.5, 0.6) is 0 Å². The van der Waals surface area contributed by atoms with Gasteiger partial charge in [-0.1, -0.05) is 0 Å². The Hall–Kier alpha value is -0.680. The van der Waals surface area contributed by atoms with E-state index in [1.54, 1.807) is 25.6 Å². The highest BCUT2D eigenvalue weighted by Gasteiger charge is 2.34. The minimum absolute atomic E-state index is 0.00713. The molecule has 1 aliphatic rings. The van der Waals surface area contributed by atoms with Gasteiger partial charge < -0.3 is 5.11 Å². The molecule has 1 heterocycles. The Kier molecular flexibility index (Phi) is 3.40. The van der Waals surface area contributed by atoms with Crippen molar-refractivity contribution in [2.75, 3.05) is 5.75 Å². The maximum absolute atomic E-state index is 12.7. The van der Waals surface area contributed by atoms with Crippen LogP contribution < -0.4 is 0 Å². The molecule has 1 aliphatic heterocycles.